The predicted molar refractivity (Wildman–Crippen MR) is 105 cm³/mol. The molecule has 0 radical (unpaired) electrons. The van der Waals surface area contributed by atoms with E-state index in [0.29, 0.717) is 10.6 Å². The van der Waals surface area contributed by atoms with Gasteiger partial charge < -0.3 is 9.47 Å². The Balaban J connectivity index is 2.01. The molecular weight excluding hydrogens is 413 g/mol. The smallest absolute Gasteiger partial charge is 0.191 e. The van der Waals surface area contributed by atoms with Gasteiger partial charge in [0.15, 0.2) is 12.1 Å². The zero-order valence-electron chi connectivity index (χ0n) is 14.8. The van der Waals surface area contributed by atoms with Crippen LogP contribution in [0.25, 0.3) is 11.8 Å². The van der Waals surface area contributed by atoms with Crippen molar-refractivity contribution in [2.75, 3.05) is 13.2 Å². The number of allylic oxidation sites excluding steroid dienone is 1. The minimum atomic E-state index is -0.869. The first-order chi connectivity index (χ1) is 12.9. The first kappa shape index (κ1) is 20.3. The van der Waals surface area contributed by atoms with E-state index in [0.717, 1.165) is 6.42 Å². The molecule has 1 aromatic carbocycles. The highest BCUT2D eigenvalue weighted by atomic mass is 35.5. The van der Waals surface area contributed by atoms with Crippen LogP contribution in [-0.4, -0.2) is 40.1 Å². The first-order valence-corrected chi connectivity index (χ1v) is 9.47. The van der Waals surface area contributed by atoms with Crippen LogP contribution < -0.4 is 0 Å². The Morgan fingerprint density at radius 1 is 1.30 bits per heavy atom. The average molecular weight is 431 g/mol. The Bertz CT molecular complexity index is 860. The largest absolute Gasteiger partial charge is 0.352 e. The van der Waals surface area contributed by atoms with Crippen LogP contribution in [0.1, 0.15) is 25.8 Å². The van der Waals surface area contributed by atoms with Gasteiger partial charge in [-0.1, -0.05) is 47.8 Å². The number of ketones is 1. The van der Waals surface area contributed by atoms with Gasteiger partial charge >= 0.3 is 0 Å². The van der Waals surface area contributed by atoms with Crippen LogP contribution in [-0.2, 0) is 14.3 Å². The molecule has 0 aliphatic carbocycles. The molecule has 9 heteroatoms. The molecule has 3 rings (SSSR count). The molecule has 1 saturated heterocycles. The number of carbonyl (C=O) groups is 1. The van der Waals surface area contributed by atoms with Gasteiger partial charge in [0.1, 0.15) is 18.4 Å². The number of nitrogens with zero attached hydrogens (tertiary/aromatic N) is 3. The van der Waals surface area contributed by atoms with E-state index in [1.165, 1.54) is 17.3 Å². The lowest BCUT2D eigenvalue weighted by molar-refractivity contribution is -0.221. The van der Waals surface area contributed by atoms with E-state index in [2.05, 4.69) is 10.1 Å². The molecule has 2 aromatic rings. The summed E-state index contributed by atoms with van der Waals surface area (Å²) in [7, 11) is 0. The Labute approximate surface area is 172 Å². The van der Waals surface area contributed by atoms with Crippen LogP contribution in [0.15, 0.2) is 24.8 Å². The van der Waals surface area contributed by atoms with Crippen molar-refractivity contribution in [3.05, 3.63) is 45.4 Å². The van der Waals surface area contributed by atoms with Gasteiger partial charge in [0, 0.05) is 0 Å². The molecular formula is C18H18Cl3N3O3. The van der Waals surface area contributed by atoms with Crippen molar-refractivity contribution in [3.8, 4) is 0 Å². The van der Waals surface area contributed by atoms with E-state index in [9.17, 15) is 4.79 Å². The number of carbonyl (C=O) groups excluding carboxylic acids is 1. The first-order valence-electron chi connectivity index (χ1n) is 8.34. The topological polar surface area (TPSA) is 66.2 Å². The summed E-state index contributed by atoms with van der Waals surface area (Å²) in [6.07, 6.45) is 4.82. The van der Waals surface area contributed by atoms with Crippen molar-refractivity contribution in [2.24, 2.45) is 5.41 Å². The second-order valence-electron chi connectivity index (χ2n) is 6.48. The molecule has 0 unspecified atom stereocenters. The highest BCUT2D eigenvalue weighted by molar-refractivity contribution is 6.48. The molecule has 1 aliphatic rings. The van der Waals surface area contributed by atoms with Gasteiger partial charge in [-0.25, -0.2) is 9.67 Å². The van der Waals surface area contributed by atoms with Gasteiger partial charge in [-0.2, -0.15) is 5.10 Å². The summed E-state index contributed by atoms with van der Waals surface area (Å²) in [6.45, 7) is 4.24. The SMILES string of the molecule is CCC1OCC(C)(C(=O)C(=Cc2ccc(Cl)c(Cl)c2Cl)n2cncn2)CO1. The van der Waals surface area contributed by atoms with E-state index < -0.39 is 5.41 Å². The monoisotopic (exact) mass is 429 g/mol. The normalized spacial score (nSPS) is 23.4. The molecule has 1 fully saturated rings. The maximum atomic E-state index is 13.4. The Kier molecular flexibility index (Phi) is 6.23. The van der Waals surface area contributed by atoms with Crippen LogP contribution in [0.2, 0.25) is 15.1 Å². The van der Waals surface area contributed by atoms with Crippen molar-refractivity contribution in [1.82, 2.24) is 14.8 Å². The van der Waals surface area contributed by atoms with Crippen LogP contribution in [0.5, 0.6) is 0 Å². The summed E-state index contributed by atoms with van der Waals surface area (Å²) in [5.41, 5.74) is -0.0541. The number of ether oxygens (including phenoxy) is 2. The van der Waals surface area contributed by atoms with Gasteiger partial charge in [-0.15, -0.1) is 0 Å². The lowest BCUT2D eigenvalue weighted by atomic mass is 9.84. The lowest BCUT2D eigenvalue weighted by Gasteiger charge is -2.36. The summed E-state index contributed by atoms with van der Waals surface area (Å²) >= 11 is 18.4. The molecule has 27 heavy (non-hydrogen) atoms. The molecule has 0 N–H and O–H groups in total. The van der Waals surface area contributed by atoms with Crippen LogP contribution in [0, 0.1) is 5.41 Å². The quantitative estimate of drug-likeness (QED) is 0.512. The fraction of sp³-hybridized carbons (Fsp3) is 0.389. The van der Waals surface area contributed by atoms with Gasteiger partial charge in [0.25, 0.3) is 0 Å². The lowest BCUT2D eigenvalue weighted by Crippen LogP contribution is -2.45. The zero-order chi connectivity index (χ0) is 19.6. The molecule has 1 aromatic heterocycles. The number of Topliss-reactive ketones (excluding diaryl/α,β-unsaturated/α-hetero) is 1. The third-order valence-corrected chi connectivity index (χ3v) is 5.62. The molecule has 0 spiro atoms. The van der Waals surface area contributed by atoms with Gasteiger partial charge in [-0.05, 0) is 31.1 Å². The highest BCUT2D eigenvalue weighted by Gasteiger charge is 2.41. The van der Waals surface area contributed by atoms with E-state index in [-0.39, 0.29) is 41.0 Å². The second kappa shape index (κ2) is 8.29. The number of hydrogen-bond donors (Lipinski definition) is 0. The zero-order valence-corrected chi connectivity index (χ0v) is 17.1. The summed E-state index contributed by atoms with van der Waals surface area (Å²) in [5, 5.41) is 4.90. The molecule has 6 nitrogen and oxygen atoms in total. The molecule has 2 heterocycles. The van der Waals surface area contributed by atoms with Crippen LogP contribution >= 0.6 is 34.8 Å². The molecule has 0 bridgehead atoms. The molecule has 144 valence electrons. The standard InChI is InChI=1S/C18H18Cl3N3O3/c1-3-14-26-7-18(2,8-27-14)17(25)13(24-10-22-9-23-24)6-11-4-5-12(19)16(21)15(11)20/h4-6,9-10,14H,3,7-8H2,1-2H3. The fourth-order valence-electron chi connectivity index (χ4n) is 2.69. The molecule has 0 saturated carbocycles. The summed E-state index contributed by atoms with van der Waals surface area (Å²) in [5.74, 6) is -0.204. The predicted octanol–water partition coefficient (Wildman–Crippen LogP) is 4.59. The summed E-state index contributed by atoms with van der Waals surface area (Å²) < 4.78 is 12.7. The minimum Gasteiger partial charge on any atom is -0.352 e. The number of halogens is 3. The number of aromatic nitrogens is 3. The van der Waals surface area contributed by atoms with E-state index in [1.54, 1.807) is 25.1 Å². The molecule has 0 amide bonds. The van der Waals surface area contributed by atoms with E-state index in [1.807, 2.05) is 6.92 Å². The maximum absolute atomic E-state index is 13.4. The molecule has 1 aliphatic heterocycles. The fourth-order valence-corrected chi connectivity index (χ4v) is 3.28. The van der Waals surface area contributed by atoms with Gasteiger partial charge in [0.05, 0.1) is 33.7 Å². The van der Waals surface area contributed by atoms with Crippen LogP contribution in [0.3, 0.4) is 0 Å². The second-order valence-corrected chi connectivity index (χ2v) is 7.65. The third kappa shape index (κ3) is 4.20. The number of benzene rings is 1. The van der Waals surface area contributed by atoms with Gasteiger partial charge in [0.2, 0.25) is 0 Å². The Hall–Kier alpha value is -1.44. The summed E-state index contributed by atoms with van der Waals surface area (Å²) in [6, 6.07) is 3.30. The van der Waals surface area contributed by atoms with E-state index in [4.69, 9.17) is 44.3 Å². The Morgan fingerprint density at radius 3 is 2.59 bits per heavy atom. The van der Waals surface area contributed by atoms with Crippen LogP contribution in [0.4, 0.5) is 0 Å². The van der Waals surface area contributed by atoms with Crippen molar-refractivity contribution < 1.29 is 14.3 Å². The maximum Gasteiger partial charge on any atom is 0.191 e. The van der Waals surface area contributed by atoms with Crippen molar-refractivity contribution in [1.29, 1.82) is 0 Å². The van der Waals surface area contributed by atoms with Crippen molar-refractivity contribution in [3.63, 3.8) is 0 Å². The van der Waals surface area contributed by atoms with Gasteiger partial charge in [-0.3, -0.25) is 4.79 Å². The van der Waals surface area contributed by atoms with Crippen molar-refractivity contribution in [2.45, 2.75) is 26.6 Å². The summed E-state index contributed by atoms with van der Waals surface area (Å²) in [4.78, 5) is 17.3. The molecule has 0 atom stereocenters. The minimum absolute atomic E-state index is 0.204. The van der Waals surface area contributed by atoms with Crippen molar-refractivity contribution >= 4 is 52.4 Å². The number of rotatable bonds is 5. The Morgan fingerprint density at radius 2 is 2.00 bits per heavy atom. The third-order valence-electron chi connectivity index (χ3n) is 4.31. The number of hydrogen-bond acceptors (Lipinski definition) is 5. The average Bonchev–Trinajstić information content (AvgIpc) is 3.20. The highest BCUT2D eigenvalue weighted by Crippen LogP contribution is 2.36. The van der Waals surface area contributed by atoms with E-state index >= 15 is 0 Å².